The Labute approximate surface area is 112 Å². The van der Waals surface area contributed by atoms with Gasteiger partial charge in [-0.15, -0.1) is 0 Å². The first-order chi connectivity index (χ1) is 8.54. The number of likely N-dealkylation sites (N-methyl/N-ethyl adjacent to an activating group) is 3. The summed E-state index contributed by atoms with van der Waals surface area (Å²) < 4.78 is 0. The fourth-order valence-electron chi connectivity index (χ4n) is 2.84. The van der Waals surface area contributed by atoms with Crippen LogP contribution in [-0.4, -0.2) is 73.9 Å². The normalized spacial score (nSPS) is 20.2. The van der Waals surface area contributed by atoms with E-state index < -0.39 is 0 Å². The standard InChI is InChI=1S/C14H31N3O/c1-5-15-13(11-18)7-10-17(4)12-14(16(2)3)8-6-9-14/h13,15,18H,5-12H2,1-4H3. The second-order valence-corrected chi connectivity index (χ2v) is 5.94. The van der Waals surface area contributed by atoms with Crippen molar-refractivity contribution in [3.05, 3.63) is 0 Å². The predicted octanol–water partition coefficient (Wildman–Crippen LogP) is 0.763. The van der Waals surface area contributed by atoms with Gasteiger partial charge >= 0.3 is 0 Å². The quantitative estimate of drug-likeness (QED) is 0.640. The second-order valence-electron chi connectivity index (χ2n) is 5.94. The largest absolute Gasteiger partial charge is 0.395 e. The highest BCUT2D eigenvalue weighted by atomic mass is 16.3. The van der Waals surface area contributed by atoms with Crippen molar-refractivity contribution in [1.82, 2.24) is 15.1 Å². The minimum absolute atomic E-state index is 0.237. The van der Waals surface area contributed by atoms with Crippen molar-refractivity contribution in [3.63, 3.8) is 0 Å². The molecule has 4 nitrogen and oxygen atoms in total. The van der Waals surface area contributed by atoms with Crippen molar-refractivity contribution >= 4 is 0 Å². The third kappa shape index (κ3) is 4.19. The minimum atomic E-state index is 0.237. The lowest BCUT2D eigenvalue weighted by Crippen LogP contribution is -2.57. The van der Waals surface area contributed by atoms with Crippen LogP contribution in [0.4, 0.5) is 0 Å². The van der Waals surface area contributed by atoms with E-state index in [0.29, 0.717) is 5.54 Å². The summed E-state index contributed by atoms with van der Waals surface area (Å²) in [5, 5.41) is 12.6. The molecule has 1 rings (SSSR count). The molecular weight excluding hydrogens is 226 g/mol. The van der Waals surface area contributed by atoms with Gasteiger partial charge in [-0.25, -0.2) is 0 Å². The second kappa shape index (κ2) is 7.43. The van der Waals surface area contributed by atoms with E-state index in [1.165, 1.54) is 19.3 Å². The Morgan fingerprint density at radius 2 is 1.94 bits per heavy atom. The van der Waals surface area contributed by atoms with Crippen LogP contribution in [0.2, 0.25) is 0 Å². The van der Waals surface area contributed by atoms with E-state index in [0.717, 1.165) is 26.1 Å². The van der Waals surface area contributed by atoms with Gasteiger partial charge in [-0.2, -0.15) is 0 Å². The molecule has 0 bridgehead atoms. The van der Waals surface area contributed by atoms with Gasteiger partial charge in [0.15, 0.2) is 0 Å². The van der Waals surface area contributed by atoms with Gasteiger partial charge in [0.1, 0.15) is 0 Å². The fourth-order valence-corrected chi connectivity index (χ4v) is 2.84. The number of aliphatic hydroxyl groups excluding tert-OH is 1. The molecule has 1 aliphatic carbocycles. The molecule has 0 heterocycles. The summed E-state index contributed by atoms with van der Waals surface area (Å²) in [4.78, 5) is 4.81. The van der Waals surface area contributed by atoms with E-state index in [9.17, 15) is 5.11 Å². The van der Waals surface area contributed by atoms with Crippen LogP contribution >= 0.6 is 0 Å². The van der Waals surface area contributed by atoms with Crippen LogP contribution in [0.25, 0.3) is 0 Å². The third-order valence-electron chi connectivity index (χ3n) is 4.37. The van der Waals surface area contributed by atoms with Crippen molar-refractivity contribution in [3.8, 4) is 0 Å². The summed E-state index contributed by atoms with van der Waals surface area (Å²) in [5.41, 5.74) is 0.404. The minimum Gasteiger partial charge on any atom is -0.395 e. The molecule has 1 saturated carbocycles. The summed E-state index contributed by atoms with van der Waals surface area (Å²) in [6.45, 7) is 5.44. The first-order valence-electron chi connectivity index (χ1n) is 7.24. The highest BCUT2D eigenvalue weighted by molar-refractivity contribution is 4.97. The van der Waals surface area contributed by atoms with Crippen LogP contribution < -0.4 is 5.32 Å². The summed E-state index contributed by atoms with van der Waals surface area (Å²) in [6.07, 6.45) is 5.02. The van der Waals surface area contributed by atoms with Gasteiger partial charge in [-0.3, -0.25) is 0 Å². The zero-order valence-electron chi connectivity index (χ0n) is 12.6. The number of rotatable bonds is 9. The molecule has 4 heteroatoms. The van der Waals surface area contributed by atoms with Gasteiger partial charge in [0, 0.05) is 18.1 Å². The van der Waals surface area contributed by atoms with Gasteiger partial charge < -0.3 is 20.2 Å². The van der Waals surface area contributed by atoms with Gasteiger partial charge in [0.05, 0.1) is 6.61 Å². The average molecular weight is 257 g/mol. The SMILES string of the molecule is CCNC(CO)CCN(C)CC1(N(C)C)CCC1. The van der Waals surface area contributed by atoms with Crippen LogP contribution in [0.15, 0.2) is 0 Å². The lowest BCUT2D eigenvalue weighted by atomic mass is 9.75. The van der Waals surface area contributed by atoms with E-state index in [2.05, 4.69) is 43.2 Å². The third-order valence-corrected chi connectivity index (χ3v) is 4.37. The molecule has 1 atom stereocenters. The molecule has 0 aromatic heterocycles. The van der Waals surface area contributed by atoms with Crippen molar-refractivity contribution in [2.45, 2.75) is 44.2 Å². The van der Waals surface area contributed by atoms with E-state index in [4.69, 9.17) is 0 Å². The summed E-state index contributed by atoms with van der Waals surface area (Å²) in [5.74, 6) is 0. The van der Waals surface area contributed by atoms with Crippen molar-refractivity contribution in [2.24, 2.45) is 0 Å². The molecular formula is C14H31N3O. The van der Waals surface area contributed by atoms with E-state index in [-0.39, 0.29) is 12.6 Å². The molecule has 1 aliphatic rings. The Morgan fingerprint density at radius 1 is 1.28 bits per heavy atom. The smallest absolute Gasteiger partial charge is 0.0585 e. The van der Waals surface area contributed by atoms with Crippen LogP contribution in [0.1, 0.15) is 32.6 Å². The number of nitrogens with zero attached hydrogens (tertiary/aromatic N) is 2. The predicted molar refractivity (Wildman–Crippen MR) is 76.9 cm³/mol. The van der Waals surface area contributed by atoms with Gasteiger partial charge in [-0.05, 0) is 59.9 Å². The molecule has 0 spiro atoms. The van der Waals surface area contributed by atoms with Crippen molar-refractivity contribution in [2.75, 3.05) is 47.4 Å². The fraction of sp³-hybridized carbons (Fsp3) is 1.00. The van der Waals surface area contributed by atoms with Crippen LogP contribution in [-0.2, 0) is 0 Å². The maximum atomic E-state index is 9.26. The molecule has 1 fully saturated rings. The summed E-state index contributed by atoms with van der Waals surface area (Å²) in [6, 6.07) is 0.245. The van der Waals surface area contributed by atoms with Crippen LogP contribution in [0, 0.1) is 0 Å². The lowest BCUT2D eigenvalue weighted by Gasteiger charge is -2.49. The Balaban J connectivity index is 2.30. The molecule has 0 aliphatic heterocycles. The van der Waals surface area contributed by atoms with E-state index in [1.54, 1.807) is 0 Å². The highest BCUT2D eigenvalue weighted by Crippen LogP contribution is 2.36. The Kier molecular flexibility index (Phi) is 6.57. The van der Waals surface area contributed by atoms with Crippen molar-refractivity contribution < 1.29 is 5.11 Å². The van der Waals surface area contributed by atoms with Gasteiger partial charge in [0.2, 0.25) is 0 Å². The molecule has 0 saturated heterocycles. The topological polar surface area (TPSA) is 38.7 Å². The molecule has 108 valence electrons. The highest BCUT2D eigenvalue weighted by Gasteiger charge is 2.39. The maximum absolute atomic E-state index is 9.26. The Hall–Kier alpha value is -0.160. The summed E-state index contributed by atoms with van der Waals surface area (Å²) in [7, 11) is 6.59. The average Bonchev–Trinajstić information content (AvgIpc) is 2.28. The molecule has 18 heavy (non-hydrogen) atoms. The number of hydrogen-bond acceptors (Lipinski definition) is 4. The zero-order chi connectivity index (χ0) is 13.6. The monoisotopic (exact) mass is 257 g/mol. The molecule has 0 radical (unpaired) electrons. The van der Waals surface area contributed by atoms with Crippen LogP contribution in [0.3, 0.4) is 0 Å². The van der Waals surface area contributed by atoms with Gasteiger partial charge in [0.25, 0.3) is 0 Å². The number of nitrogens with one attached hydrogen (secondary N) is 1. The molecule has 2 N–H and O–H groups in total. The van der Waals surface area contributed by atoms with Crippen molar-refractivity contribution in [1.29, 1.82) is 0 Å². The molecule has 0 amide bonds. The molecule has 1 unspecified atom stereocenters. The number of aliphatic hydroxyl groups is 1. The molecule has 0 aromatic rings. The zero-order valence-corrected chi connectivity index (χ0v) is 12.6. The van der Waals surface area contributed by atoms with E-state index in [1.807, 2.05) is 0 Å². The Bertz CT molecular complexity index is 229. The first-order valence-corrected chi connectivity index (χ1v) is 7.24. The van der Waals surface area contributed by atoms with Crippen LogP contribution in [0.5, 0.6) is 0 Å². The van der Waals surface area contributed by atoms with E-state index >= 15 is 0 Å². The summed E-state index contributed by atoms with van der Waals surface area (Å²) >= 11 is 0. The maximum Gasteiger partial charge on any atom is 0.0585 e. The molecule has 0 aromatic carbocycles. The lowest BCUT2D eigenvalue weighted by molar-refractivity contribution is 0.0265. The van der Waals surface area contributed by atoms with Gasteiger partial charge in [-0.1, -0.05) is 6.92 Å². The number of hydrogen-bond donors (Lipinski definition) is 2. The first kappa shape index (κ1) is 15.9. The Morgan fingerprint density at radius 3 is 2.33 bits per heavy atom.